The van der Waals surface area contributed by atoms with Crippen LogP contribution in [0.5, 0.6) is 5.75 Å². The normalized spacial score (nSPS) is 12.3. The maximum atomic E-state index is 10.1. The van der Waals surface area contributed by atoms with E-state index in [-0.39, 0.29) is 6.10 Å². The van der Waals surface area contributed by atoms with Gasteiger partial charge in [-0.1, -0.05) is 18.2 Å². The summed E-state index contributed by atoms with van der Waals surface area (Å²) in [5.41, 5.74) is 2.37. The number of ether oxygens (including phenoxy) is 1. The number of thiophene rings is 1. The Bertz CT molecular complexity index is 465. The van der Waals surface area contributed by atoms with Crippen molar-refractivity contribution in [2.75, 3.05) is 7.11 Å². The van der Waals surface area contributed by atoms with Gasteiger partial charge in [-0.3, -0.25) is 0 Å². The second kappa shape index (κ2) is 6.57. The van der Waals surface area contributed by atoms with Gasteiger partial charge >= 0.3 is 0 Å². The van der Waals surface area contributed by atoms with Gasteiger partial charge in [0.2, 0.25) is 0 Å². The summed E-state index contributed by atoms with van der Waals surface area (Å²) < 4.78 is 5.29. The van der Waals surface area contributed by atoms with Gasteiger partial charge in [0.05, 0.1) is 13.2 Å². The van der Waals surface area contributed by atoms with Crippen LogP contribution in [0.15, 0.2) is 41.1 Å². The van der Waals surface area contributed by atoms with E-state index in [9.17, 15) is 5.11 Å². The highest BCUT2D eigenvalue weighted by molar-refractivity contribution is 7.07. The van der Waals surface area contributed by atoms with Crippen LogP contribution in [0.2, 0.25) is 0 Å². The summed E-state index contributed by atoms with van der Waals surface area (Å²) in [4.78, 5) is 0. The lowest BCUT2D eigenvalue weighted by Gasteiger charge is -2.13. The molecule has 0 bridgehead atoms. The molecule has 0 fully saturated rings. The average molecular weight is 262 g/mol. The second-order valence-corrected chi connectivity index (χ2v) is 5.12. The molecule has 0 aliphatic heterocycles. The maximum Gasteiger partial charge on any atom is 0.122 e. The second-order valence-electron chi connectivity index (χ2n) is 4.34. The monoisotopic (exact) mass is 262 g/mol. The van der Waals surface area contributed by atoms with Crippen molar-refractivity contribution in [3.63, 3.8) is 0 Å². The fourth-order valence-electron chi connectivity index (χ4n) is 2.00. The van der Waals surface area contributed by atoms with E-state index in [4.69, 9.17) is 4.74 Å². The van der Waals surface area contributed by atoms with Gasteiger partial charge in [0.15, 0.2) is 0 Å². The van der Waals surface area contributed by atoms with E-state index in [2.05, 4.69) is 16.8 Å². The van der Waals surface area contributed by atoms with Gasteiger partial charge in [-0.2, -0.15) is 11.3 Å². The molecule has 3 heteroatoms. The lowest BCUT2D eigenvalue weighted by Crippen LogP contribution is -2.12. The van der Waals surface area contributed by atoms with Gasteiger partial charge in [-0.15, -0.1) is 0 Å². The van der Waals surface area contributed by atoms with Crippen LogP contribution in [0.25, 0.3) is 0 Å². The number of aryl methyl sites for hydroxylation is 1. The van der Waals surface area contributed by atoms with E-state index >= 15 is 0 Å². The zero-order valence-corrected chi connectivity index (χ0v) is 11.3. The van der Waals surface area contributed by atoms with Crippen LogP contribution < -0.4 is 4.74 Å². The average Bonchev–Trinajstić information content (AvgIpc) is 2.90. The SMILES string of the molecule is COc1ccccc1CC(O)CCc1ccsc1. The van der Waals surface area contributed by atoms with Gasteiger partial charge in [-0.25, -0.2) is 0 Å². The molecule has 2 rings (SSSR count). The van der Waals surface area contributed by atoms with E-state index in [1.54, 1.807) is 18.4 Å². The Morgan fingerprint density at radius 3 is 2.83 bits per heavy atom. The molecule has 2 aromatic rings. The molecule has 96 valence electrons. The Morgan fingerprint density at radius 1 is 1.28 bits per heavy atom. The number of hydrogen-bond donors (Lipinski definition) is 1. The molecule has 0 amide bonds. The van der Waals surface area contributed by atoms with Crippen LogP contribution in [-0.4, -0.2) is 18.3 Å². The predicted molar refractivity (Wildman–Crippen MR) is 75.3 cm³/mol. The molecule has 0 aliphatic carbocycles. The van der Waals surface area contributed by atoms with Crippen molar-refractivity contribution in [1.82, 2.24) is 0 Å². The lowest BCUT2D eigenvalue weighted by molar-refractivity contribution is 0.164. The third kappa shape index (κ3) is 3.59. The van der Waals surface area contributed by atoms with Crippen molar-refractivity contribution in [1.29, 1.82) is 0 Å². The minimum Gasteiger partial charge on any atom is -0.496 e. The first kappa shape index (κ1) is 13.1. The summed E-state index contributed by atoms with van der Waals surface area (Å²) >= 11 is 1.70. The van der Waals surface area contributed by atoms with Gasteiger partial charge in [0, 0.05) is 6.42 Å². The van der Waals surface area contributed by atoms with Crippen LogP contribution in [0.3, 0.4) is 0 Å². The van der Waals surface area contributed by atoms with Gasteiger partial charge in [0.25, 0.3) is 0 Å². The minimum absolute atomic E-state index is 0.318. The lowest BCUT2D eigenvalue weighted by atomic mass is 10.0. The highest BCUT2D eigenvalue weighted by Crippen LogP contribution is 2.20. The van der Waals surface area contributed by atoms with Crippen LogP contribution in [0.4, 0.5) is 0 Å². The first-order chi connectivity index (χ1) is 8.79. The minimum atomic E-state index is -0.318. The van der Waals surface area contributed by atoms with Crippen LogP contribution >= 0.6 is 11.3 Å². The van der Waals surface area contributed by atoms with Crippen molar-refractivity contribution in [2.45, 2.75) is 25.4 Å². The van der Waals surface area contributed by atoms with Gasteiger partial charge < -0.3 is 9.84 Å². The zero-order chi connectivity index (χ0) is 12.8. The third-order valence-electron chi connectivity index (χ3n) is 2.99. The number of methoxy groups -OCH3 is 1. The molecule has 1 N–H and O–H groups in total. The molecular formula is C15H18O2S. The molecule has 1 unspecified atom stereocenters. The first-order valence-electron chi connectivity index (χ1n) is 6.10. The van der Waals surface area contributed by atoms with Gasteiger partial charge in [0.1, 0.15) is 5.75 Å². The fourth-order valence-corrected chi connectivity index (χ4v) is 2.70. The highest BCUT2D eigenvalue weighted by atomic mass is 32.1. The van der Waals surface area contributed by atoms with Crippen molar-refractivity contribution < 1.29 is 9.84 Å². The molecule has 2 nitrogen and oxygen atoms in total. The summed E-state index contributed by atoms with van der Waals surface area (Å²) in [5, 5.41) is 14.3. The largest absolute Gasteiger partial charge is 0.496 e. The molecule has 0 spiro atoms. The molecule has 0 saturated carbocycles. The zero-order valence-electron chi connectivity index (χ0n) is 10.5. The van der Waals surface area contributed by atoms with E-state index in [0.29, 0.717) is 6.42 Å². The molecule has 1 heterocycles. The van der Waals surface area contributed by atoms with Crippen LogP contribution in [-0.2, 0) is 12.8 Å². The number of hydrogen-bond acceptors (Lipinski definition) is 3. The van der Waals surface area contributed by atoms with E-state index in [1.807, 2.05) is 24.3 Å². The van der Waals surface area contributed by atoms with Crippen molar-refractivity contribution >= 4 is 11.3 Å². The van der Waals surface area contributed by atoms with E-state index < -0.39 is 0 Å². The molecule has 1 aromatic carbocycles. The number of aliphatic hydroxyl groups excluding tert-OH is 1. The Hall–Kier alpha value is -1.32. The van der Waals surface area contributed by atoms with Crippen LogP contribution in [0, 0.1) is 0 Å². The molecule has 0 aliphatic rings. The summed E-state index contributed by atoms with van der Waals surface area (Å²) in [7, 11) is 1.66. The van der Waals surface area contributed by atoms with Crippen LogP contribution in [0.1, 0.15) is 17.5 Å². The molecule has 1 aromatic heterocycles. The standard InChI is InChI=1S/C15H18O2S/c1-17-15-5-3-2-4-13(15)10-14(16)7-6-12-8-9-18-11-12/h2-5,8-9,11,14,16H,6-7,10H2,1H3. The molecule has 0 radical (unpaired) electrons. The topological polar surface area (TPSA) is 29.5 Å². The smallest absolute Gasteiger partial charge is 0.122 e. The summed E-state index contributed by atoms with van der Waals surface area (Å²) in [5.74, 6) is 0.854. The number of rotatable bonds is 6. The summed E-state index contributed by atoms with van der Waals surface area (Å²) in [6, 6.07) is 9.97. The van der Waals surface area contributed by atoms with Crippen molar-refractivity contribution in [2.24, 2.45) is 0 Å². The Balaban J connectivity index is 1.88. The van der Waals surface area contributed by atoms with E-state index in [1.165, 1.54) is 5.56 Å². The predicted octanol–water partition coefficient (Wildman–Crippen LogP) is 3.29. The quantitative estimate of drug-likeness (QED) is 0.865. The molecule has 0 saturated heterocycles. The van der Waals surface area contributed by atoms with Crippen molar-refractivity contribution in [3.8, 4) is 5.75 Å². The summed E-state index contributed by atoms with van der Waals surface area (Å²) in [6.45, 7) is 0. The number of benzene rings is 1. The third-order valence-corrected chi connectivity index (χ3v) is 3.73. The first-order valence-corrected chi connectivity index (χ1v) is 7.05. The van der Waals surface area contributed by atoms with Crippen molar-refractivity contribution in [3.05, 3.63) is 52.2 Å². The molecule has 1 atom stereocenters. The highest BCUT2D eigenvalue weighted by Gasteiger charge is 2.09. The summed E-state index contributed by atoms with van der Waals surface area (Å²) in [6.07, 6.45) is 2.05. The Morgan fingerprint density at radius 2 is 2.11 bits per heavy atom. The molecular weight excluding hydrogens is 244 g/mol. The number of aliphatic hydroxyl groups is 1. The Labute approximate surface area is 112 Å². The Kier molecular flexibility index (Phi) is 4.79. The van der Waals surface area contributed by atoms with E-state index in [0.717, 1.165) is 24.2 Å². The fraction of sp³-hybridized carbons (Fsp3) is 0.333. The maximum absolute atomic E-state index is 10.1. The molecule has 18 heavy (non-hydrogen) atoms. The van der Waals surface area contributed by atoms with Gasteiger partial charge in [-0.05, 0) is 46.9 Å². The number of para-hydroxylation sites is 1.